The van der Waals surface area contributed by atoms with E-state index in [1.54, 1.807) is 0 Å². The number of hydrogen-bond donors (Lipinski definition) is 0. The van der Waals surface area contributed by atoms with Crippen LogP contribution in [0.2, 0.25) is 0 Å². The van der Waals surface area contributed by atoms with E-state index in [2.05, 4.69) is 69.4 Å². The molecule has 0 aliphatic rings. The van der Waals surface area contributed by atoms with E-state index >= 15 is 0 Å². The van der Waals surface area contributed by atoms with E-state index in [4.69, 9.17) is 14.2 Å². The van der Waals surface area contributed by atoms with Gasteiger partial charge < -0.3 is 14.2 Å². The van der Waals surface area contributed by atoms with Crippen LogP contribution in [0.5, 0.6) is 0 Å². The Labute approximate surface area is 435 Å². The molecule has 0 aliphatic carbocycles. The molecule has 0 heterocycles. The third-order valence-electron chi connectivity index (χ3n) is 13.6. The molecule has 0 amide bonds. The van der Waals surface area contributed by atoms with Gasteiger partial charge in [-0.25, -0.2) is 0 Å². The van der Waals surface area contributed by atoms with Crippen molar-refractivity contribution >= 4 is 17.9 Å². The van der Waals surface area contributed by atoms with E-state index < -0.39 is 6.10 Å². The van der Waals surface area contributed by atoms with E-state index in [1.165, 1.54) is 205 Å². The fourth-order valence-electron chi connectivity index (χ4n) is 8.92. The summed E-state index contributed by atoms with van der Waals surface area (Å²) in [7, 11) is 0. The number of hydrogen-bond acceptors (Lipinski definition) is 6. The molecule has 0 aromatic heterocycles. The topological polar surface area (TPSA) is 78.9 Å². The van der Waals surface area contributed by atoms with E-state index in [0.29, 0.717) is 19.3 Å². The smallest absolute Gasteiger partial charge is 0.306 e. The van der Waals surface area contributed by atoms with Crippen LogP contribution in [0.3, 0.4) is 0 Å². The maximum absolute atomic E-state index is 12.8. The fourth-order valence-corrected chi connectivity index (χ4v) is 8.92. The van der Waals surface area contributed by atoms with Crippen molar-refractivity contribution in [3.63, 3.8) is 0 Å². The van der Waals surface area contributed by atoms with Crippen molar-refractivity contribution in [2.24, 2.45) is 0 Å². The van der Waals surface area contributed by atoms with Crippen molar-refractivity contribution in [2.45, 2.75) is 329 Å². The van der Waals surface area contributed by atoms with Gasteiger partial charge >= 0.3 is 17.9 Å². The Morgan fingerprint density at radius 3 is 0.814 bits per heavy atom. The number of esters is 3. The third-order valence-corrected chi connectivity index (χ3v) is 13.6. The van der Waals surface area contributed by atoms with Crippen LogP contribution in [0.15, 0.2) is 48.6 Å². The summed E-state index contributed by atoms with van der Waals surface area (Å²) in [5.41, 5.74) is 0. The number of carbonyl (C=O) groups excluding carboxylic acids is 3. The molecular formula is C64H116O6. The molecule has 408 valence electrons. The van der Waals surface area contributed by atoms with Crippen molar-refractivity contribution in [1.82, 2.24) is 0 Å². The van der Waals surface area contributed by atoms with Gasteiger partial charge in [-0.3, -0.25) is 14.4 Å². The minimum atomic E-state index is -0.773. The molecule has 0 saturated carbocycles. The molecule has 0 aromatic rings. The summed E-state index contributed by atoms with van der Waals surface area (Å²) in [6.07, 6.45) is 72.9. The Morgan fingerprint density at radius 2 is 0.514 bits per heavy atom. The fraction of sp³-hybridized carbons (Fsp3) is 0.828. The molecule has 0 rings (SSSR count). The molecular weight excluding hydrogens is 865 g/mol. The normalized spacial score (nSPS) is 12.3. The Hall–Kier alpha value is -2.63. The number of ether oxygens (including phenoxy) is 3. The molecule has 1 unspecified atom stereocenters. The highest BCUT2D eigenvalue weighted by atomic mass is 16.6. The molecule has 0 spiro atoms. The molecule has 6 heteroatoms. The summed E-state index contributed by atoms with van der Waals surface area (Å²) in [6, 6.07) is 0. The highest BCUT2D eigenvalue weighted by Gasteiger charge is 2.19. The highest BCUT2D eigenvalue weighted by Crippen LogP contribution is 2.16. The number of rotatable bonds is 56. The van der Waals surface area contributed by atoms with Crippen molar-refractivity contribution < 1.29 is 28.6 Å². The van der Waals surface area contributed by atoms with Crippen LogP contribution in [0, 0.1) is 0 Å². The van der Waals surface area contributed by atoms with Crippen LogP contribution in [0.1, 0.15) is 323 Å². The minimum absolute atomic E-state index is 0.0742. The molecule has 0 aromatic carbocycles. The average Bonchev–Trinajstić information content (AvgIpc) is 3.36. The van der Waals surface area contributed by atoms with Crippen LogP contribution >= 0.6 is 0 Å². The third kappa shape index (κ3) is 56.3. The summed E-state index contributed by atoms with van der Waals surface area (Å²) in [6.45, 7) is 6.60. The lowest BCUT2D eigenvalue weighted by molar-refractivity contribution is -0.167. The lowest BCUT2D eigenvalue weighted by Gasteiger charge is -2.18. The molecule has 0 N–H and O–H groups in total. The Balaban J connectivity index is 4.11. The Bertz CT molecular complexity index is 1220. The monoisotopic (exact) mass is 981 g/mol. The standard InChI is InChI=1S/C64H116O6/c1-4-7-10-13-16-18-20-22-24-26-28-30-32-34-36-38-40-42-44-46-48-51-54-57-63(66)69-60-61(59-68-62(65)56-53-50-15-12-9-6-3)70-64(67)58-55-52-49-47-45-43-41-39-37-35-33-31-29-27-25-23-21-19-17-14-11-8-5-2/h20,22,26-29,32,34,61H,4-19,21,23-25,30-31,33,35-60H2,1-3H3/b22-20-,28-26-,29-27-,34-32-. The van der Waals surface area contributed by atoms with Gasteiger partial charge in [-0.1, -0.05) is 268 Å². The molecule has 0 fully saturated rings. The van der Waals surface area contributed by atoms with Gasteiger partial charge in [0.25, 0.3) is 0 Å². The van der Waals surface area contributed by atoms with Gasteiger partial charge in [0, 0.05) is 19.3 Å². The van der Waals surface area contributed by atoms with Gasteiger partial charge in [0.15, 0.2) is 6.10 Å². The molecule has 0 bridgehead atoms. The van der Waals surface area contributed by atoms with Crippen LogP contribution in [-0.2, 0) is 28.6 Å². The van der Waals surface area contributed by atoms with Crippen LogP contribution in [-0.4, -0.2) is 37.2 Å². The van der Waals surface area contributed by atoms with Gasteiger partial charge in [0.05, 0.1) is 0 Å². The minimum Gasteiger partial charge on any atom is -0.462 e. The Kier molecular flexibility index (Phi) is 56.7. The zero-order chi connectivity index (χ0) is 50.7. The maximum Gasteiger partial charge on any atom is 0.306 e. The summed E-state index contributed by atoms with van der Waals surface area (Å²) in [5.74, 6) is -0.878. The molecule has 0 aliphatic heterocycles. The number of allylic oxidation sites excluding steroid dienone is 8. The van der Waals surface area contributed by atoms with E-state index in [0.717, 1.165) is 77.0 Å². The van der Waals surface area contributed by atoms with Crippen molar-refractivity contribution in [2.75, 3.05) is 13.2 Å². The summed E-state index contributed by atoms with van der Waals surface area (Å²) in [5, 5.41) is 0. The van der Waals surface area contributed by atoms with E-state index in [9.17, 15) is 14.4 Å². The second kappa shape index (κ2) is 58.9. The summed E-state index contributed by atoms with van der Waals surface area (Å²) < 4.78 is 16.8. The molecule has 0 saturated heterocycles. The average molecular weight is 982 g/mol. The quantitative estimate of drug-likeness (QED) is 0.0261. The molecule has 1 atom stereocenters. The summed E-state index contributed by atoms with van der Waals surface area (Å²) >= 11 is 0. The Morgan fingerprint density at radius 1 is 0.286 bits per heavy atom. The lowest BCUT2D eigenvalue weighted by Crippen LogP contribution is -2.30. The SMILES string of the molecule is CCCCCCC/C=C\C/C=C\C/C=C\CCCCCCCCCCC(=O)OCC(COC(=O)CCCCCCCC)OC(=O)CCCCCCCCCCCCC/C=C\CCCCCCCCCC. The van der Waals surface area contributed by atoms with Gasteiger partial charge in [-0.2, -0.15) is 0 Å². The first kappa shape index (κ1) is 67.4. The van der Waals surface area contributed by atoms with E-state index in [1.807, 2.05) is 0 Å². The van der Waals surface area contributed by atoms with Crippen molar-refractivity contribution in [3.05, 3.63) is 48.6 Å². The largest absolute Gasteiger partial charge is 0.462 e. The zero-order valence-electron chi connectivity index (χ0n) is 46.8. The van der Waals surface area contributed by atoms with Crippen LogP contribution in [0.25, 0.3) is 0 Å². The van der Waals surface area contributed by atoms with Crippen molar-refractivity contribution in [3.8, 4) is 0 Å². The van der Waals surface area contributed by atoms with Gasteiger partial charge in [-0.05, 0) is 83.5 Å². The molecule has 6 nitrogen and oxygen atoms in total. The summed E-state index contributed by atoms with van der Waals surface area (Å²) in [4.78, 5) is 38.0. The maximum atomic E-state index is 12.8. The highest BCUT2D eigenvalue weighted by molar-refractivity contribution is 5.71. The zero-order valence-corrected chi connectivity index (χ0v) is 46.8. The first-order chi connectivity index (χ1) is 34.5. The second-order valence-electron chi connectivity index (χ2n) is 20.6. The van der Waals surface area contributed by atoms with Crippen LogP contribution < -0.4 is 0 Å². The predicted octanol–water partition coefficient (Wildman–Crippen LogP) is 20.6. The lowest BCUT2D eigenvalue weighted by atomic mass is 10.0. The number of unbranched alkanes of at least 4 members (excludes halogenated alkanes) is 37. The number of carbonyl (C=O) groups is 3. The van der Waals surface area contributed by atoms with Crippen LogP contribution in [0.4, 0.5) is 0 Å². The predicted molar refractivity (Wildman–Crippen MR) is 302 cm³/mol. The van der Waals surface area contributed by atoms with Crippen molar-refractivity contribution in [1.29, 1.82) is 0 Å². The molecule has 0 radical (unpaired) electrons. The first-order valence-electron chi connectivity index (χ1n) is 30.6. The first-order valence-corrected chi connectivity index (χ1v) is 30.6. The molecule has 70 heavy (non-hydrogen) atoms. The van der Waals surface area contributed by atoms with E-state index in [-0.39, 0.29) is 31.1 Å². The second-order valence-corrected chi connectivity index (χ2v) is 20.6. The van der Waals surface area contributed by atoms with Gasteiger partial charge in [0.2, 0.25) is 0 Å². The van der Waals surface area contributed by atoms with Gasteiger partial charge in [-0.15, -0.1) is 0 Å². The van der Waals surface area contributed by atoms with Gasteiger partial charge in [0.1, 0.15) is 13.2 Å².